The molecule has 0 fully saturated rings. The second kappa shape index (κ2) is 7.75. The first kappa shape index (κ1) is 19.8. The Balaban J connectivity index is 1.60. The van der Waals surface area contributed by atoms with Crippen LogP contribution < -0.4 is 10.9 Å². The van der Waals surface area contributed by atoms with Crippen molar-refractivity contribution in [1.29, 1.82) is 0 Å². The zero-order chi connectivity index (χ0) is 21.3. The Labute approximate surface area is 172 Å². The molecule has 0 bridgehead atoms. The number of rotatable bonds is 4. The Kier molecular flexibility index (Phi) is 5.13. The van der Waals surface area contributed by atoms with Gasteiger partial charge in [-0.25, -0.2) is 4.98 Å². The van der Waals surface area contributed by atoms with Gasteiger partial charge in [0.2, 0.25) is 5.91 Å². The van der Waals surface area contributed by atoms with Crippen LogP contribution in [-0.4, -0.2) is 15.5 Å². The molecule has 2 heterocycles. The van der Waals surface area contributed by atoms with Gasteiger partial charge in [0.05, 0.1) is 15.9 Å². The van der Waals surface area contributed by atoms with Crippen LogP contribution in [0.25, 0.3) is 20.8 Å². The lowest BCUT2D eigenvalue weighted by Crippen LogP contribution is -2.32. The number of aromatic nitrogens is 2. The van der Waals surface area contributed by atoms with Gasteiger partial charge in [-0.05, 0) is 36.4 Å². The average Bonchev–Trinajstić information content (AvgIpc) is 3.13. The summed E-state index contributed by atoms with van der Waals surface area (Å²) >= 11 is 1.46. The summed E-state index contributed by atoms with van der Waals surface area (Å²) in [5, 5.41) is 3.37. The Morgan fingerprint density at radius 3 is 2.53 bits per heavy atom. The topological polar surface area (TPSA) is 64.0 Å². The van der Waals surface area contributed by atoms with Gasteiger partial charge >= 0.3 is 6.18 Å². The monoisotopic (exact) mass is 429 g/mol. The number of carbonyl (C=O) groups excluding carboxylic acids is 1. The van der Waals surface area contributed by atoms with Crippen LogP contribution in [0.15, 0.2) is 71.7 Å². The van der Waals surface area contributed by atoms with E-state index in [2.05, 4.69) is 10.3 Å². The van der Waals surface area contributed by atoms with Crippen molar-refractivity contribution < 1.29 is 18.0 Å². The molecule has 4 rings (SSSR count). The van der Waals surface area contributed by atoms with E-state index in [4.69, 9.17) is 0 Å². The summed E-state index contributed by atoms with van der Waals surface area (Å²) in [6, 6.07) is 16.4. The third kappa shape index (κ3) is 3.97. The van der Waals surface area contributed by atoms with Crippen molar-refractivity contribution in [3.63, 3.8) is 0 Å². The third-order valence-electron chi connectivity index (χ3n) is 4.36. The van der Waals surface area contributed by atoms with Crippen LogP contribution >= 0.6 is 11.3 Å². The lowest BCUT2D eigenvalue weighted by molar-refractivity contribution is -0.139. The predicted molar refractivity (Wildman–Crippen MR) is 109 cm³/mol. The number of carbonyl (C=O) groups is 1. The molecule has 0 aliphatic rings. The molecule has 4 aromatic rings. The molecule has 0 atom stereocenters. The lowest BCUT2D eigenvalue weighted by Gasteiger charge is -2.12. The maximum Gasteiger partial charge on any atom is 0.421 e. The molecule has 0 saturated heterocycles. The summed E-state index contributed by atoms with van der Waals surface area (Å²) in [5.41, 5.74) is -0.605. The minimum atomic E-state index is -4.78. The number of fused-ring (bicyclic) bond motifs is 1. The summed E-state index contributed by atoms with van der Waals surface area (Å²) in [6.07, 6.45) is -3.63. The van der Waals surface area contributed by atoms with E-state index in [0.29, 0.717) is 22.3 Å². The van der Waals surface area contributed by atoms with Gasteiger partial charge in [0, 0.05) is 11.8 Å². The first-order valence-corrected chi connectivity index (χ1v) is 9.66. The average molecular weight is 429 g/mol. The van der Waals surface area contributed by atoms with Crippen LogP contribution in [0.3, 0.4) is 0 Å². The molecule has 5 nitrogen and oxygen atoms in total. The van der Waals surface area contributed by atoms with Crippen molar-refractivity contribution in [3.8, 4) is 10.6 Å². The van der Waals surface area contributed by atoms with Gasteiger partial charge in [0.1, 0.15) is 17.1 Å². The van der Waals surface area contributed by atoms with E-state index < -0.39 is 29.8 Å². The van der Waals surface area contributed by atoms with Gasteiger partial charge in [-0.15, -0.1) is 11.3 Å². The first-order chi connectivity index (χ1) is 14.3. The van der Waals surface area contributed by atoms with Crippen LogP contribution in [0.4, 0.5) is 18.9 Å². The summed E-state index contributed by atoms with van der Waals surface area (Å²) in [5.74, 6) is -0.620. The second-order valence-corrected chi connectivity index (χ2v) is 7.46. The van der Waals surface area contributed by atoms with E-state index in [1.54, 1.807) is 24.3 Å². The summed E-state index contributed by atoms with van der Waals surface area (Å²) in [6.45, 7) is -0.545. The number of nitrogens with one attached hydrogen (secondary N) is 1. The van der Waals surface area contributed by atoms with Crippen LogP contribution in [0.1, 0.15) is 5.56 Å². The first-order valence-electron chi connectivity index (χ1n) is 8.84. The molecule has 1 N–H and O–H groups in total. The molecule has 2 aromatic carbocycles. The molecular weight excluding hydrogens is 415 g/mol. The Hall–Kier alpha value is -3.46. The number of halogens is 3. The van der Waals surface area contributed by atoms with Crippen LogP contribution in [0.5, 0.6) is 0 Å². The Bertz CT molecular complexity index is 1260. The standard InChI is InChI=1S/C21H14F3N3O2S/c22-21(23,24)14-7-5-11-27(20(14)29)12-18(28)25-15-8-2-1-6-13(15)19-26-16-9-3-4-10-17(16)30-19/h1-11H,12H2,(H,25,28). The number of anilines is 1. The predicted octanol–water partition coefficient (Wildman–Crippen LogP) is 4.78. The highest BCUT2D eigenvalue weighted by molar-refractivity contribution is 7.21. The quantitative estimate of drug-likeness (QED) is 0.508. The number of benzene rings is 2. The molecule has 30 heavy (non-hydrogen) atoms. The summed E-state index contributed by atoms with van der Waals surface area (Å²) < 4.78 is 40.5. The molecular formula is C21H14F3N3O2S. The highest BCUT2D eigenvalue weighted by Gasteiger charge is 2.34. The van der Waals surface area contributed by atoms with Crippen LogP contribution in [0, 0.1) is 0 Å². The van der Waals surface area contributed by atoms with E-state index in [9.17, 15) is 22.8 Å². The number of amides is 1. The molecule has 0 aliphatic heterocycles. The molecule has 0 saturated carbocycles. The van der Waals surface area contributed by atoms with Gasteiger partial charge in [-0.3, -0.25) is 9.59 Å². The summed E-state index contributed by atoms with van der Waals surface area (Å²) in [4.78, 5) is 29.1. The normalized spacial score (nSPS) is 11.6. The highest BCUT2D eigenvalue weighted by atomic mass is 32.1. The van der Waals surface area contributed by atoms with E-state index >= 15 is 0 Å². The van der Waals surface area contributed by atoms with Crippen molar-refractivity contribution in [2.45, 2.75) is 12.7 Å². The number of hydrogen-bond acceptors (Lipinski definition) is 4. The molecule has 0 unspecified atom stereocenters. The van der Waals surface area contributed by atoms with Crippen molar-refractivity contribution >= 4 is 33.1 Å². The third-order valence-corrected chi connectivity index (χ3v) is 5.43. The number of pyridine rings is 1. The van der Waals surface area contributed by atoms with Crippen molar-refractivity contribution in [2.24, 2.45) is 0 Å². The SMILES string of the molecule is O=C(Cn1cccc(C(F)(F)F)c1=O)Nc1ccccc1-c1nc2ccccc2s1. The lowest BCUT2D eigenvalue weighted by atomic mass is 10.2. The van der Waals surface area contributed by atoms with Gasteiger partial charge in [-0.1, -0.05) is 24.3 Å². The number of alkyl halides is 3. The number of nitrogens with zero attached hydrogens (tertiary/aromatic N) is 2. The van der Waals surface area contributed by atoms with Gasteiger partial charge < -0.3 is 9.88 Å². The minimum absolute atomic E-state index is 0.460. The zero-order valence-electron chi connectivity index (χ0n) is 15.3. The molecule has 1 amide bonds. The fraction of sp³-hybridized carbons (Fsp3) is 0.0952. The smallest absolute Gasteiger partial charge is 0.324 e. The molecule has 152 valence electrons. The Morgan fingerprint density at radius 1 is 1.03 bits per heavy atom. The van der Waals surface area contributed by atoms with Crippen molar-refractivity contribution in [1.82, 2.24) is 9.55 Å². The van der Waals surface area contributed by atoms with Crippen LogP contribution in [-0.2, 0) is 17.5 Å². The fourth-order valence-corrected chi connectivity index (χ4v) is 3.99. The summed E-state index contributed by atoms with van der Waals surface area (Å²) in [7, 11) is 0. The molecule has 0 aliphatic carbocycles. The number of hydrogen-bond donors (Lipinski definition) is 1. The Morgan fingerprint density at radius 2 is 1.77 bits per heavy atom. The van der Waals surface area contributed by atoms with E-state index in [1.165, 1.54) is 11.3 Å². The molecule has 0 spiro atoms. The minimum Gasteiger partial charge on any atom is -0.324 e. The second-order valence-electron chi connectivity index (χ2n) is 6.43. The van der Waals surface area contributed by atoms with Gasteiger partial charge in [0.15, 0.2) is 0 Å². The van der Waals surface area contributed by atoms with E-state index in [0.717, 1.165) is 27.0 Å². The van der Waals surface area contributed by atoms with Crippen LogP contribution in [0.2, 0.25) is 0 Å². The highest BCUT2D eigenvalue weighted by Crippen LogP contribution is 2.34. The maximum atomic E-state index is 12.9. The molecule has 2 aromatic heterocycles. The van der Waals surface area contributed by atoms with E-state index in [-0.39, 0.29) is 0 Å². The molecule has 9 heteroatoms. The largest absolute Gasteiger partial charge is 0.421 e. The fourth-order valence-electron chi connectivity index (χ4n) is 2.99. The van der Waals surface area contributed by atoms with E-state index in [1.807, 2.05) is 24.3 Å². The number of para-hydroxylation sites is 2. The number of thiazole rings is 1. The van der Waals surface area contributed by atoms with Crippen molar-refractivity contribution in [3.05, 3.63) is 82.8 Å². The maximum absolute atomic E-state index is 12.9. The van der Waals surface area contributed by atoms with Crippen molar-refractivity contribution in [2.75, 3.05) is 5.32 Å². The molecule has 0 radical (unpaired) electrons. The zero-order valence-corrected chi connectivity index (χ0v) is 16.1. The van der Waals surface area contributed by atoms with Gasteiger partial charge in [-0.2, -0.15) is 13.2 Å². The van der Waals surface area contributed by atoms with Gasteiger partial charge in [0.25, 0.3) is 5.56 Å².